The van der Waals surface area contributed by atoms with Crippen molar-refractivity contribution in [1.82, 2.24) is 5.32 Å². The van der Waals surface area contributed by atoms with Gasteiger partial charge in [0.2, 0.25) is 0 Å². The molecule has 0 aromatic heterocycles. The third-order valence-corrected chi connectivity index (χ3v) is 3.24. The minimum atomic E-state index is 0.0704. The van der Waals surface area contributed by atoms with Gasteiger partial charge in [-0.25, -0.2) is 0 Å². The molecule has 0 spiro atoms. The molecule has 0 saturated heterocycles. The van der Waals surface area contributed by atoms with E-state index in [-0.39, 0.29) is 6.61 Å². The van der Waals surface area contributed by atoms with Crippen molar-refractivity contribution < 1.29 is 14.6 Å². The molecule has 0 amide bonds. The lowest BCUT2D eigenvalue weighted by atomic mass is 10.1. The summed E-state index contributed by atoms with van der Waals surface area (Å²) >= 11 is 0. The van der Waals surface area contributed by atoms with Gasteiger partial charge < -0.3 is 19.9 Å². The van der Waals surface area contributed by atoms with Gasteiger partial charge in [0.15, 0.2) is 0 Å². The average Bonchev–Trinajstić information content (AvgIpc) is 2.54. The molecule has 4 nitrogen and oxygen atoms in total. The van der Waals surface area contributed by atoms with Crippen LogP contribution in [0.1, 0.15) is 16.7 Å². The van der Waals surface area contributed by atoms with E-state index in [2.05, 4.69) is 5.32 Å². The molecule has 2 N–H and O–H groups in total. The highest BCUT2D eigenvalue weighted by Crippen LogP contribution is 2.22. The van der Waals surface area contributed by atoms with Crippen molar-refractivity contribution >= 4 is 0 Å². The average molecular weight is 287 g/mol. The number of rotatable bonds is 7. The monoisotopic (exact) mass is 287 g/mol. The lowest BCUT2D eigenvalue weighted by molar-refractivity contribution is 0.281. The van der Waals surface area contributed by atoms with Gasteiger partial charge in [0.1, 0.15) is 11.5 Å². The quantitative estimate of drug-likeness (QED) is 0.821. The van der Waals surface area contributed by atoms with Crippen LogP contribution in [0.4, 0.5) is 0 Å². The molecule has 0 aliphatic rings. The van der Waals surface area contributed by atoms with E-state index < -0.39 is 0 Å². The molecule has 112 valence electrons. The molecule has 2 aromatic carbocycles. The number of methoxy groups -OCH3 is 2. The lowest BCUT2D eigenvalue weighted by Gasteiger charge is -2.10. The number of aliphatic hydroxyl groups excluding tert-OH is 1. The van der Waals surface area contributed by atoms with Gasteiger partial charge in [-0.15, -0.1) is 0 Å². The van der Waals surface area contributed by atoms with Crippen molar-refractivity contribution in [2.24, 2.45) is 0 Å². The Kier molecular flexibility index (Phi) is 5.60. The van der Waals surface area contributed by atoms with Crippen molar-refractivity contribution in [2.45, 2.75) is 19.7 Å². The fourth-order valence-electron chi connectivity index (χ4n) is 2.16. The van der Waals surface area contributed by atoms with Crippen molar-refractivity contribution in [1.29, 1.82) is 0 Å². The zero-order valence-corrected chi connectivity index (χ0v) is 12.4. The highest BCUT2D eigenvalue weighted by Gasteiger charge is 2.02. The van der Waals surface area contributed by atoms with Crippen LogP contribution < -0.4 is 14.8 Å². The van der Waals surface area contributed by atoms with Crippen LogP contribution in [0, 0.1) is 0 Å². The van der Waals surface area contributed by atoms with Crippen LogP contribution in [0.15, 0.2) is 42.5 Å². The van der Waals surface area contributed by atoms with E-state index in [1.807, 2.05) is 42.5 Å². The van der Waals surface area contributed by atoms with Gasteiger partial charge in [-0.1, -0.05) is 24.3 Å². The van der Waals surface area contributed by atoms with Gasteiger partial charge >= 0.3 is 0 Å². The van der Waals surface area contributed by atoms with Crippen LogP contribution in [0.5, 0.6) is 11.5 Å². The summed E-state index contributed by atoms with van der Waals surface area (Å²) in [4.78, 5) is 0. The van der Waals surface area contributed by atoms with Crippen molar-refractivity contribution in [3.63, 3.8) is 0 Å². The molecule has 0 atom stereocenters. The van der Waals surface area contributed by atoms with E-state index in [1.165, 1.54) is 0 Å². The largest absolute Gasteiger partial charge is 0.497 e. The number of ether oxygens (including phenoxy) is 2. The molecule has 4 heteroatoms. The topological polar surface area (TPSA) is 50.7 Å². The first-order valence-corrected chi connectivity index (χ1v) is 6.86. The van der Waals surface area contributed by atoms with Crippen LogP contribution in [0.3, 0.4) is 0 Å². The summed E-state index contributed by atoms with van der Waals surface area (Å²) in [5, 5.41) is 12.5. The smallest absolute Gasteiger partial charge is 0.122 e. The molecule has 0 unspecified atom stereocenters. The van der Waals surface area contributed by atoms with Crippen molar-refractivity contribution in [3.8, 4) is 11.5 Å². The maximum Gasteiger partial charge on any atom is 0.122 e. The van der Waals surface area contributed by atoms with E-state index >= 15 is 0 Å². The number of hydrogen-bond donors (Lipinski definition) is 2. The summed E-state index contributed by atoms with van der Waals surface area (Å²) in [6, 6.07) is 13.7. The van der Waals surface area contributed by atoms with E-state index in [0.29, 0.717) is 0 Å². The van der Waals surface area contributed by atoms with Gasteiger partial charge in [-0.2, -0.15) is 0 Å². The Morgan fingerprint density at radius 3 is 2.10 bits per heavy atom. The molecular weight excluding hydrogens is 266 g/mol. The molecule has 0 heterocycles. The van der Waals surface area contributed by atoms with Crippen molar-refractivity contribution in [3.05, 3.63) is 59.2 Å². The van der Waals surface area contributed by atoms with Gasteiger partial charge in [0.25, 0.3) is 0 Å². The maximum absolute atomic E-state index is 9.13. The highest BCUT2D eigenvalue weighted by atomic mass is 16.5. The Labute approximate surface area is 125 Å². The summed E-state index contributed by atoms with van der Waals surface area (Å²) in [5.74, 6) is 1.57. The second-order valence-electron chi connectivity index (χ2n) is 4.80. The molecule has 0 saturated carbocycles. The zero-order valence-electron chi connectivity index (χ0n) is 12.4. The SMILES string of the molecule is COc1cc(CNCc2cccc(CO)c2)cc(OC)c1. The fraction of sp³-hybridized carbons (Fsp3) is 0.294. The standard InChI is InChI=1S/C17H21NO3/c1-20-16-7-15(8-17(9-16)21-2)11-18-10-13-4-3-5-14(6-13)12-19/h3-9,18-19H,10-12H2,1-2H3. The van der Waals surface area contributed by atoms with Gasteiger partial charge in [-0.3, -0.25) is 0 Å². The van der Waals surface area contributed by atoms with Crippen LogP contribution in [-0.2, 0) is 19.7 Å². The Morgan fingerprint density at radius 1 is 0.857 bits per heavy atom. The second-order valence-corrected chi connectivity index (χ2v) is 4.80. The minimum Gasteiger partial charge on any atom is -0.497 e. The Balaban J connectivity index is 1.96. The van der Waals surface area contributed by atoms with Gasteiger partial charge in [-0.05, 0) is 28.8 Å². The molecule has 0 bridgehead atoms. The zero-order chi connectivity index (χ0) is 15.1. The molecule has 0 radical (unpaired) electrons. The minimum absolute atomic E-state index is 0.0704. The first kappa shape index (κ1) is 15.4. The van der Waals surface area contributed by atoms with E-state index in [4.69, 9.17) is 14.6 Å². The number of benzene rings is 2. The fourth-order valence-corrected chi connectivity index (χ4v) is 2.16. The predicted molar refractivity (Wildman–Crippen MR) is 82.5 cm³/mol. The van der Waals surface area contributed by atoms with Crippen LogP contribution in [0.25, 0.3) is 0 Å². The third kappa shape index (κ3) is 4.48. The molecule has 2 rings (SSSR count). The van der Waals surface area contributed by atoms with E-state index in [9.17, 15) is 0 Å². The summed E-state index contributed by atoms with van der Waals surface area (Å²) in [5.41, 5.74) is 3.18. The van der Waals surface area contributed by atoms with Gasteiger partial charge in [0, 0.05) is 19.2 Å². The maximum atomic E-state index is 9.13. The van der Waals surface area contributed by atoms with E-state index in [1.54, 1.807) is 14.2 Å². The summed E-state index contributed by atoms with van der Waals surface area (Å²) in [7, 11) is 3.29. The molecule has 21 heavy (non-hydrogen) atoms. The first-order valence-electron chi connectivity index (χ1n) is 6.86. The molecule has 0 fully saturated rings. The van der Waals surface area contributed by atoms with E-state index in [0.717, 1.165) is 41.3 Å². The lowest BCUT2D eigenvalue weighted by Crippen LogP contribution is -2.13. The Hall–Kier alpha value is -2.04. The normalized spacial score (nSPS) is 10.4. The number of hydrogen-bond acceptors (Lipinski definition) is 4. The summed E-state index contributed by atoms with van der Waals surface area (Å²) in [6.07, 6.45) is 0. The third-order valence-electron chi connectivity index (χ3n) is 3.24. The molecule has 2 aromatic rings. The second kappa shape index (κ2) is 7.67. The summed E-state index contributed by atoms with van der Waals surface area (Å²) in [6.45, 7) is 1.53. The predicted octanol–water partition coefficient (Wildman–Crippen LogP) is 2.49. The van der Waals surface area contributed by atoms with Gasteiger partial charge in [0.05, 0.1) is 20.8 Å². The number of nitrogens with one attached hydrogen (secondary N) is 1. The van der Waals surface area contributed by atoms with Crippen LogP contribution in [-0.4, -0.2) is 19.3 Å². The Morgan fingerprint density at radius 2 is 1.48 bits per heavy atom. The summed E-state index contributed by atoms with van der Waals surface area (Å²) < 4.78 is 10.5. The Bertz CT molecular complexity index is 562. The molecular formula is C17H21NO3. The molecule has 0 aliphatic heterocycles. The van der Waals surface area contributed by atoms with Crippen LogP contribution >= 0.6 is 0 Å². The highest BCUT2D eigenvalue weighted by molar-refractivity contribution is 5.38. The first-order chi connectivity index (χ1) is 10.2. The molecule has 0 aliphatic carbocycles. The van der Waals surface area contributed by atoms with Crippen molar-refractivity contribution in [2.75, 3.05) is 14.2 Å². The number of aliphatic hydroxyl groups is 1. The van der Waals surface area contributed by atoms with Crippen LogP contribution in [0.2, 0.25) is 0 Å².